The maximum atomic E-state index is 9.85. The van der Waals surface area contributed by atoms with E-state index in [-0.39, 0.29) is 6.10 Å². The molecule has 1 N–H and O–H groups in total. The zero-order chi connectivity index (χ0) is 10.7. The minimum absolute atomic E-state index is 0.318. The Bertz CT molecular complexity index is 408. The van der Waals surface area contributed by atoms with Gasteiger partial charge in [-0.25, -0.2) is 4.98 Å². The molecule has 0 saturated heterocycles. The summed E-state index contributed by atoms with van der Waals surface area (Å²) in [6.45, 7) is 1.99. The number of hydrogen-bond acceptors (Lipinski definition) is 4. The number of thiazole rings is 1. The van der Waals surface area contributed by atoms with Gasteiger partial charge in [0.1, 0.15) is 0 Å². The molecule has 80 valence electrons. The third-order valence-electron chi connectivity index (χ3n) is 2.16. The normalized spacial score (nSPS) is 12.9. The lowest BCUT2D eigenvalue weighted by molar-refractivity contribution is 0.174. The van der Waals surface area contributed by atoms with Crippen LogP contribution >= 0.6 is 22.7 Å². The fourth-order valence-corrected chi connectivity index (χ4v) is 2.80. The first-order valence-corrected chi connectivity index (χ1v) is 6.66. The van der Waals surface area contributed by atoms with Crippen molar-refractivity contribution in [2.75, 3.05) is 0 Å². The Balaban J connectivity index is 1.90. The molecule has 15 heavy (non-hydrogen) atoms. The maximum absolute atomic E-state index is 9.85. The van der Waals surface area contributed by atoms with Crippen LogP contribution in [0.3, 0.4) is 0 Å². The average molecular weight is 239 g/mol. The van der Waals surface area contributed by atoms with Crippen molar-refractivity contribution in [2.45, 2.75) is 25.9 Å². The molecule has 2 aromatic heterocycles. The molecule has 2 heterocycles. The van der Waals surface area contributed by atoms with Crippen molar-refractivity contribution in [2.24, 2.45) is 0 Å². The van der Waals surface area contributed by atoms with Gasteiger partial charge in [0.05, 0.1) is 16.8 Å². The lowest BCUT2D eigenvalue weighted by atomic mass is 10.1. The Morgan fingerprint density at radius 3 is 2.87 bits per heavy atom. The van der Waals surface area contributed by atoms with Crippen LogP contribution in [-0.2, 0) is 12.8 Å². The molecule has 1 atom stereocenters. The van der Waals surface area contributed by atoms with Crippen molar-refractivity contribution in [3.63, 3.8) is 0 Å². The predicted octanol–water partition coefficient (Wildman–Crippen LogP) is 2.66. The molecule has 0 amide bonds. The number of rotatable bonds is 4. The summed E-state index contributed by atoms with van der Waals surface area (Å²) in [6.07, 6.45) is 1.06. The Morgan fingerprint density at radius 2 is 2.27 bits per heavy atom. The van der Waals surface area contributed by atoms with Crippen molar-refractivity contribution < 1.29 is 5.11 Å². The minimum Gasteiger partial charge on any atom is -0.392 e. The fourth-order valence-electron chi connectivity index (χ4n) is 1.50. The number of aryl methyl sites for hydroxylation is 1. The Morgan fingerprint density at radius 1 is 1.40 bits per heavy atom. The molecule has 2 nitrogen and oxygen atoms in total. The van der Waals surface area contributed by atoms with E-state index >= 15 is 0 Å². The van der Waals surface area contributed by atoms with Gasteiger partial charge in [-0.2, -0.15) is 11.3 Å². The van der Waals surface area contributed by atoms with E-state index in [0.717, 1.165) is 17.1 Å². The number of aliphatic hydroxyl groups excluding tert-OH is 1. The molecule has 2 rings (SSSR count). The van der Waals surface area contributed by atoms with Crippen LogP contribution < -0.4 is 0 Å². The van der Waals surface area contributed by atoms with Gasteiger partial charge in [0.15, 0.2) is 0 Å². The van der Waals surface area contributed by atoms with E-state index in [1.54, 1.807) is 22.7 Å². The van der Waals surface area contributed by atoms with Gasteiger partial charge in [-0.1, -0.05) is 0 Å². The topological polar surface area (TPSA) is 33.1 Å². The zero-order valence-electron chi connectivity index (χ0n) is 8.51. The molecule has 2 aromatic rings. The standard InChI is InChI=1S/C11H13NOS2/c1-8-12-10(7-15-8)5-11(13)4-9-2-3-14-6-9/h2-3,6-7,11,13H,4-5H2,1H3. The molecule has 0 aromatic carbocycles. The summed E-state index contributed by atoms with van der Waals surface area (Å²) in [6, 6.07) is 2.06. The minimum atomic E-state index is -0.318. The summed E-state index contributed by atoms with van der Waals surface area (Å²) in [5.74, 6) is 0. The number of aliphatic hydroxyl groups is 1. The first-order valence-electron chi connectivity index (χ1n) is 4.84. The monoisotopic (exact) mass is 239 g/mol. The Kier molecular flexibility index (Phi) is 3.51. The highest BCUT2D eigenvalue weighted by atomic mass is 32.1. The largest absolute Gasteiger partial charge is 0.392 e. The van der Waals surface area contributed by atoms with Crippen LogP contribution in [0.2, 0.25) is 0 Å². The van der Waals surface area contributed by atoms with E-state index in [0.29, 0.717) is 6.42 Å². The van der Waals surface area contributed by atoms with Gasteiger partial charge in [0.25, 0.3) is 0 Å². The molecule has 0 bridgehead atoms. The molecule has 0 spiro atoms. The van der Waals surface area contributed by atoms with Crippen LogP contribution in [0.15, 0.2) is 22.2 Å². The Labute approximate surface area is 97.2 Å². The molecule has 0 aliphatic carbocycles. The van der Waals surface area contributed by atoms with Gasteiger partial charge < -0.3 is 5.11 Å². The lowest BCUT2D eigenvalue weighted by Gasteiger charge is -2.06. The summed E-state index contributed by atoms with van der Waals surface area (Å²) in [4.78, 5) is 4.34. The molecule has 4 heteroatoms. The van der Waals surface area contributed by atoms with Crippen molar-refractivity contribution >= 4 is 22.7 Å². The van der Waals surface area contributed by atoms with Crippen molar-refractivity contribution in [1.82, 2.24) is 4.98 Å². The van der Waals surface area contributed by atoms with Gasteiger partial charge >= 0.3 is 0 Å². The highest BCUT2D eigenvalue weighted by molar-refractivity contribution is 7.09. The number of nitrogens with zero attached hydrogens (tertiary/aromatic N) is 1. The number of thiophene rings is 1. The van der Waals surface area contributed by atoms with Crippen LogP contribution in [0.5, 0.6) is 0 Å². The van der Waals surface area contributed by atoms with E-state index in [2.05, 4.69) is 16.4 Å². The second kappa shape index (κ2) is 4.88. The van der Waals surface area contributed by atoms with Crippen LogP contribution in [0, 0.1) is 6.92 Å². The van der Waals surface area contributed by atoms with Gasteiger partial charge in [-0.05, 0) is 35.7 Å². The number of hydrogen-bond donors (Lipinski definition) is 1. The summed E-state index contributed by atoms with van der Waals surface area (Å²) >= 11 is 3.30. The first-order chi connectivity index (χ1) is 7.24. The molecule has 1 unspecified atom stereocenters. The second-order valence-corrected chi connectivity index (χ2v) is 5.39. The smallest absolute Gasteiger partial charge is 0.0897 e. The van der Waals surface area contributed by atoms with Crippen molar-refractivity contribution in [3.05, 3.63) is 38.5 Å². The van der Waals surface area contributed by atoms with Gasteiger partial charge in [0.2, 0.25) is 0 Å². The molecule has 0 fully saturated rings. The quantitative estimate of drug-likeness (QED) is 0.890. The highest BCUT2D eigenvalue weighted by Gasteiger charge is 2.09. The van der Waals surface area contributed by atoms with Crippen LogP contribution in [0.25, 0.3) is 0 Å². The molecule has 0 aliphatic heterocycles. The third kappa shape index (κ3) is 3.12. The molecule has 0 aliphatic rings. The molecular formula is C11H13NOS2. The van der Waals surface area contributed by atoms with E-state index in [4.69, 9.17) is 0 Å². The first kappa shape index (κ1) is 10.8. The second-order valence-electron chi connectivity index (χ2n) is 3.55. The zero-order valence-corrected chi connectivity index (χ0v) is 10.1. The summed E-state index contributed by atoms with van der Waals surface area (Å²) in [7, 11) is 0. The van der Waals surface area contributed by atoms with E-state index in [1.165, 1.54) is 5.56 Å². The van der Waals surface area contributed by atoms with Gasteiger partial charge in [-0.15, -0.1) is 11.3 Å². The van der Waals surface area contributed by atoms with Crippen LogP contribution in [0.1, 0.15) is 16.3 Å². The molecule has 0 saturated carbocycles. The van der Waals surface area contributed by atoms with Crippen LogP contribution in [-0.4, -0.2) is 16.2 Å². The van der Waals surface area contributed by atoms with E-state index in [1.807, 2.05) is 17.7 Å². The van der Waals surface area contributed by atoms with Gasteiger partial charge in [-0.3, -0.25) is 0 Å². The summed E-state index contributed by atoms with van der Waals surface area (Å²) in [5.41, 5.74) is 2.21. The third-order valence-corrected chi connectivity index (χ3v) is 3.72. The SMILES string of the molecule is Cc1nc(CC(O)Cc2ccsc2)cs1. The maximum Gasteiger partial charge on any atom is 0.0897 e. The highest BCUT2D eigenvalue weighted by Crippen LogP contribution is 2.13. The Hall–Kier alpha value is -0.710. The van der Waals surface area contributed by atoms with Gasteiger partial charge in [0, 0.05) is 11.8 Å². The summed E-state index contributed by atoms with van der Waals surface area (Å²) in [5, 5.41) is 17.1. The van der Waals surface area contributed by atoms with Crippen LogP contribution in [0.4, 0.5) is 0 Å². The van der Waals surface area contributed by atoms with E-state index in [9.17, 15) is 5.11 Å². The summed E-state index contributed by atoms with van der Waals surface area (Å²) < 4.78 is 0. The fraction of sp³-hybridized carbons (Fsp3) is 0.364. The lowest BCUT2D eigenvalue weighted by Crippen LogP contribution is -2.13. The van der Waals surface area contributed by atoms with E-state index < -0.39 is 0 Å². The number of aromatic nitrogens is 1. The average Bonchev–Trinajstić information content (AvgIpc) is 2.77. The van der Waals surface area contributed by atoms with Crippen molar-refractivity contribution in [1.29, 1.82) is 0 Å². The molecule has 0 radical (unpaired) electrons. The van der Waals surface area contributed by atoms with Crippen molar-refractivity contribution in [3.8, 4) is 0 Å². The predicted molar refractivity (Wildman–Crippen MR) is 64.6 cm³/mol. The molecular weight excluding hydrogens is 226 g/mol.